The molecular weight excluding hydrogens is 146 g/mol. The van der Waals surface area contributed by atoms with E-state index >= 15 is 0 Å². The molecule has 4 heteroatoms. The minimum atomic E-state index is -0.327. The van der Waals surface area contributed by atoms with Crippen molar-refractivity contribution in [2.24, 2.45) is 0 Å². The lowest BCUT2D eigenvalue weighted by atomic mass is 10.4. The predicted molar refractivity (Wildman–Crippen MR) is 39.6 cm³/mol. The molecule has 0 fully saturated rings. The maximum Gasteiger partial charge on any atom is 0.309 e. The van der Waals surface area contributed by atoms with E-state index in [0.717, 1.165) is 0 Å². The SMILES string of the molecule is COC(=O)C/C=C/NC(C)=O. The molecule has 1 amide bonds. The molecule has 62 valence electrons. The zero-order valence-corrected chi connectivity index (χ0v) is 6.59. The number of methoxy groups -OCH3 is 1. The van der Waals surface area contributed by atoms with Gasteiger partial charge in [0, 0.05) is 13.1 Å². The smallest absolute Gasteiger partial charge is 0.309 e. The van der Waals surface area contributed by atoms with Crippen LogP contribution in [-0.4, -0.2) is 19.0 Å². The van der Waals surface area contributed by atoms with Gasteiger partial charge in [-0.3, -0.25) is 9.59 Å². The highest BCUT2D eigenvalue weighted by molar-refractivity contribution is 5.74. The predicted octanol–water partition coefficient (Wildman–Crippen LogP) is 0.199. The topological polar surface area (TPSA) is 55.4 Å². The first kappa shape index (κ1) is 9.68. The molecule has 0 radical (unpaired) electrons. The van der Waals surface area contributed by atoms with E-state index in [9.17, 15) is 9.59 Å². The molecule has 0 unspecified atom stereocenters. The quantitative estimate of drug-likeness (QED) is 0.595. The van der Waals surface area contributed by atoms with Gasteiger partial charge in [-0.25, -0.2) is 0 Å². The van der Waals surface area contributed by atoms with Gasteiger partial charge in [-0.05, 0) is 0 Å². The van der Waals surface area contributed by atoms with Gasteiger partial charge < -0.3 is 10.1 Å². The molecule has 0 aromatic heterocycles. The first-order valence-electron chi connectivity index (χ1n) is 3.15. The molecule has 1 N–H and O–H groups in total. The Labute approximate surface area is 65.2 Å². The molecule has 0 saturated heterocycles. The Morgan fingerprint density at radius 1 is 1.55 bits per heavy atom. The highest BCUT2D eigenvalue weighted by Gasteiger charge is 1.92. The van der Waals surface area contributed by atoms with Crippen LogP contribution in [0.15, 0.2) is 12.3 Å². The number of rotatable bonds is 3. The third-order valence-electron chi connectivity index (χ3n) is 0.917. The largest absolute Gasteiger partial charge is 0.469 e. The Balaban J connectivity index is 3.44. The van der Waals surface area contributed by atoms with Crippen molar-refractivity contribution in [3.8, 4) is 0 Å². The summed E-state index contributed by atoms with van der Waals surface area (Å²) in [7, 11) is 1.31. The minimum Gasteiger partial charge on any atom is -0.469 e. The van der Waals surface area contributed by atoms with E-state index in [1.807, 2.05) is 0 Å². The van der Waals surface area contributed by atoms with Crippen molar-refractivity contribution in [3.63, 3.8) is 0 Å². The van der Waals surface area contributed by atoms with Crippen molar-refractivity contribution in [3.05, 3.63) is 12.3 Å². The average molecular weight is 157 g/mol. The molecule has 0 spiro atoms. The molecule has 0 aromatic rings. The van der Waals surface area contributed by atoms with Crippen LogP contribution in [0.3, 0.4) is 0 Å². The summed E-state index contributed by atoms with van der Waals surface area (Å²) in [4.78, 5) is 20.7. The van der Waals surface area contributed by atoms with Gasteiger partial charge >= 0.3 is 5.97 Å². The van der Waals surface area contributed by atoms with Crippen molar-refractivity contribution < 1.29 is 14.3 Å². The third-order valence-corrected chi connectivity index (χ3v) is 0.917. The van der Waals surface area contributed by atoms with Crippen LogP contribution in [0, 0.1) is 0 Å². The molecule has 0 heterocycles. The van der Waals surface area contributed by atoms with Crippen LogP contribution in [-0.2, 0) is 14.3 Å². The molecule has 0 aliphatic heterocycles. The van der Waals surface area contributed by atoms with E-state index in [1.54, 1.807) is 0 Å². The maximum absolute atomic E-state index is 10.5. The van der Waals surface area contributed by atoms with Crippen molar-refractivity contribution in [1.82, 2.24) is 5.32 Å². The lowest BCUT2D eigenvalue weighted by molar-refractivity contribution is -0.139. The number of carbonyl (C=O) groups excluding carboxylic acids is 2. The summed E-state index contributed by atoms with van der Waals surface area (Å²) in [5, 5.41) is 2.40. The molecule has 0 atom stereocenters. The van der Waals surface area contributed by atoms with Gasteiger partial charge in [0.25, 0.3) is 0 Å². The van der Waals surface area contributed by atoms with E-state index in [1.165, 1.54) is 26.3 Å². The van der Waals surface area contributed by atoms with Crippen molar-refractivity contribution in [2.75, 3.05) is 7.11 Å². The number of amides is 1. The highest BCUT2D eigenvalue weighted by Crippen LogP contribution is 1.84. The maximum atomic E-state index is 10.5. The zero-order valence-electron chi connectivity index (χ0n) is 6.59. The van der Waals surface area contributed by atoms with Crippen LogP contribution in [0.25, 0.3) is 0 Å². The summed E-state index contributed by atoms with van der Waals surface area (Å²) in [6.45, 7) is 1.39. The first-order valence-corrected chi connectivity index (χ1v) is 3.15. The van der Waals surface area contributed by atoms with Gasteiger partial charge in [-0.2, -0.15) is 0 Å². The fourth-order valence-corrected chi connectivity index (χ4v) is 0.415. The average Bonchev–Trinajstić information content (AvgIpc) is 1.97. The molecule has 11 heavy (non-hydrogen) atoms. The van der Waals surface area contributed by atoms with Gasteiger partial charge in [0.2, 0.25) is 5.91 Å². The van der Waals surface area contributed by atoms with E-state index < -0.39 is 0 Å². The number of hydrogen-bond donors (Lipinski definition) is 1. The lowest BCUT2D eigenvalue weighted by Gasteiger charge is -1.92. The van der Waals surface area contributed by atoms with Gasteiger partial charge in [0.05, 0.1) is 13.5 Å². The highest BCUT2D eigenvalue weighted by atomic mass is 16.5. The summed E-state index contributed by atoms with van der Waals surface area (Å²) in [6.07, 6.45) is 3.11. The van der Waals surface area contributed by atoms with Crippen LogP contribution in [0.4, 0.5) is 0 Å². The first-order chi connectivity index (χ1) is 5.16. The third kappa shape index (κ3) is 6.57. The van der Waals surface area contributed by atoms with E-state index in [0.29, 0.717) is 0 Å². The second-order valence-electron chi connectivity index (χ2n) is 1.88. The van der Waals surface area contributed by atoms with Crippen LogP contribution in [0.2, 0.25) is 0 Å². The van der Waals surface area contributed by atoms with Crippen molar-refractivity contribution in [2.45, 2.75) is 13.3 Å². The van der Waals surface area contributed by atoms with Gasteiger partial charge in [-0.1, -0.05) is 6.08 Å². The molecule has 0 saturated carbocycles. The number of hydrogen-bond acceptors (Lipinski definition) is 3. The number of nitrogens with one attached hydrogen (secondary N) is 1. The molecule has 0 aliphatic carbocycles. The van der Waals surface area contributed by atoms with E-state index in [-0.39, 0.29) is 18.3 Å². The Kier molecular flexibility index (Phi) is 4.81. The number of ether oxygens (including phenoxy) is 1. The fraction of sp³-hybridized carbons (Fsp3) is 0.429. The normalized spacial score (nSPS) is 9.64. The summed E-state index contributed by atoms with van der Waals surface area (Å²) in [5.74, 6) is -0.488. The van der Waals surface area contributed by atoms with Crippen LogP contribution < -0.4 is 5.32 Å². The van der Waals surface area contributed by atoms with Crippen LogP contribution in [0.1, 0.15) is 13.3 Å². The molecular formula is C7H11NO3. The minimum absolute atomic E-state index is 0.161. The fourth-order valence-electron chi connectivity index (χ4n) is 0.415. The Morgan fingerprint density at radius 3 is 2.64 bits per heavy atom. The summed E-state index contributed by atoms with van der Waals surface area (Å²) >= 11 is 0. The summed E-state index contributed by atoms with van der Waals surface area (Å²) < 4.78 is 4.35. The Morgan fingerprint density at radius 2 is 2.18 bits per heavy atom. The summed E-state index contributed by atoms with van der Waals surface area (Å²) in [6, 6.07) is 0. The van der Waals surface area contributed by atoms with E-state index in [2.05, 4.69) is 10.1 Å². The molecule has 0 bridgehead atoms. The molecule has 4 nitrogen and oxygen atoms in total. The monoisotopic (exact) mass is 157 g/mol. The van der Waals surface area contributed by atoms with Crippen molar-refractivity contribution in [1.29, 1.82) is 0 Å². The Hall–Kier alpha value is -1.32. The van der Waals surface area contributed by atoms with Crippen molar-refractivity contribution >= 4 is 11.9 Å². The zero-order chi connectivity index (χ0) is 8.69. The number of esters is 1. The second-order valence-corrected chi connectivity index (χ2v) is 1.88. The van der Waals surface area contributed by atoms with Gasteiger partial charge in [0.1, 0.15) is 0 Å². The Bertz CT molecular complexity index is 175. The molecule has 0 aliphatic rings. The second kappa shape index (κ2) is 5.46. The molecule has 0 aromatic carbocycles. The van der Waals surface area contributed by atoms with Gasteiger partial charge in [-0.15, -0.1) is 0 Å². The standard InChI is InChI=1S/C7H11NO3/c1-6(9)8-5-3-4-7(10)11-2/h3,5H,4H2,1-2H3,(H,8,9)/b5-3+. The summed E-state index contributed by atoms with van der Waals surface area (Å²) in [5.41, 5.74) is 0. The van der Waals surface area contributed by atoms with Crippen LogP contribution >= 0.6 is 0 Å². The van der Waals surface area contributed by atoms with E-state index in [4.69, 9.17) is 0 Å². The lowest BCUT2D eigenvalue weighted by Crippen LogP contribution is -2.11. The molecule has 0 rings (SSSR count). The van der Waals surface area contributed by atoms with Gasteiger partial charge in [0.15, 0.2) is 0 Å². The number of carbonyl (C=O) groups is 2. The van der Waals surface area contributed by atoms with Crippen LogP contribution in [0.5, 0.6) is 0 Å².